The highest BCUT2D eigenvalue weighted by atomic mass is 19.3. The smallest absolute Gasteiger partial charge is 0.345 e. The van der Waals surface area contributed by atoms with Crippen LogP contribution in [-0.2, 0) is 11.2 Å². The summed E-state index contributed by atoms with van der Waals surface area (Å²) < 4.78 is 29.2. The van der Waals surface area contributed by atoms with Crippen molar-refractivity contribution in [1.82, 2.24) is 9.97 Å². The number of nitrogens with one attached hydrogen (secondary N) is 1. The number of aliphatic hydroxyl groups excluding tert-OH is 1. The maximum absolute atomic E-state index is 12.3. The molecule has 1 aromatic rings. The van der Waals surface area contributed by atoms with Gasteiger partial charge in [-0.25, -0.2) is 9.97 Å². The minimum absolute atomic E-state index is 0.109. The van der Waals surface area contributed by atoms with Gasteiger partial charge in [0.1, 0.15) is 6.07 Å². The van der Waals surface area contributed by atoms with Gasteiger partial charge in [0.2, 0.25) is 5.95 Å². The molecule has 2 aliphatic rings. The van der Waals surface area contributed by atoms with E-state index in [1.165, 1.54) is 0 Å². The zero-order valence-corrected chi connectivity index (χ0v) is 16.0. The van der Waals surface area contributed by atoms with Crippen molar-refractivity contribution in [3.05, 3.63) is 17.5 Å². The number of nitriles is 1. The van der Waals surface area contributed by atoms with Crippen molar-refractivity contribution in [1.29, 1.82) is 5.26 Å². The third-order valence-corrected chi connectivity index (χ3v) is 5.78. The highest BCUT2D eigenvalue weighted by molar-refractivity contribution is 5.37. The van der Waals surface area contributed by atoms with Crippen LogP contribution in [0.4, 0.5) is 14.7 Å². The molecule has 0 bridgehead atoms. The Morgan fingerprint density at radius 2 is 1.96 bits per heavy atom. The standard InChI is InChI=1S/C20H28F2N4O2/c21-19(22)28-17-7-5-15(6-8-17)25-20-24-12-14(11-23)18(26-20)10-13-3-1-2-4-16(27)9-13/h12-13,15-17,19,27H,1-10H2,(H,24,25,26)/t13-,15?,16+,17?/m1/s1. The Labute approximate surface area is 164 Å². The number of hydrogen-bond acceptors (Lipinski definition) is 6. The highest BCUT2D eigenvalue weighted by Crippen LogP contribution is 2.28. The summed E-state index contributed by atoms with van der Waals surface area (Å²) in [5, 5.41) is 22.7. The summed E-state index contributed by atoms with van der Waals surface area (Å²) in [5.41, 5.74) is 1.19. The molecule has 8 heteroatoms. The second-order valence-corrected chi connectivity index (χ2v) is 7.92. The summed E-state index contributed by atoms with van der Waals surface area (Å²) >= 11 is 0. The molecule has 0 unspecified atom stereocenters. The number of halogens is 2. The molecule has 1 aromatic heterocycles. The zero-order valence-electron chi connectivity index (χ0n) is 16.0. The predicted octanol–water partition coefficient (Wildman–Crippen LogP) is 3.79. The second-order valence-electron chi connectivity index (χ2n) is 7.92. The Morgan fingerprint density at radius 3 is 2.68 bits per heavy atom. The van der Waals surface area contributed by atoms with E-state index in [9.17, 15) is 19.1 Å². The molecule has 0 aromatic carbocycles. The van der Waals surface area contributed by atoms with Gasteiger partial charge >= 0.3 is 6.61 Å². The molecule has 2 N–H and O–H groups in total. The first kappa shape index (κ1) is 20.9. The number of hydrogen-bond donors (Lipinski definition) is 2. The molecule has 6 nitrogen and oxygen atoms in total. The Morgan fingerprint density at radius 1 is 1.21 bits per heavy atom. The molecule has 0 aliphatic heterocycles. The third-order valence-electron chi connectivity index (χ3n) is 5.78. The number of alkyl halides is 2. The summed E-state index contributed by atoms with van der Waals surface area (Å²) in [5.74, 6) is 0.788. The fourth-order valence-corrected chi connectivity index (χ4v) is 4.30. The van der Waals surface area contributed by atoms with Gasteiger partial charge in [-0.05, 0) is 57.3 Å². The zero-order chi connectivity index (χ0) is 19.9. The Balaban J connectivity index is 1.60. The van der Waals surface area contributed by atoms with Gasteiger partial charge in [-0.2, -0.15) is 14.0 Å². The van der Waals surface area contributed by atoms with E-state index >= 15 is 0 Å². The number of rotatable bonds is 6. The van der Waals surface area contributed by atoms with E-state index in [1.807, 2.05) is 0 Å². The molecule has 2 aliphatic carbocycles. The molecule has 28 heavy (non-hydrogen) atoms. The van der Waals surface area contributed by atoms with Gasteiger partial charge in [0.15, 0.2) is 0 Å². The fraction of sp³-hybridized carbons (Fsp3) is 0.750. The first-order valence-corrected chi connectivity index (χ1v) is 10.2. The molecule has 2 saturated carbocycles. The maximum atomic E-state index is 12.3. The van der Waals surface area contributed by atoms with Crippen LogP contribution in [0.15, 0.2) is 6.20 Å². The van der Waals surface area contributed by atoms with Crippen LogP contribution in [0.3, 0.4) is 0 Å². The molecule has 0 radical (unpaired) electrons. The molecule has 2 fully saturated rings. The van der Waals surface area contributed by atoms with Gasteiger partial charge in [0.05, 0.1) is 29.7 Å². The second kappa shape index (κ2) is 10.1. The van der Waals surface area contributed by atoms with Crippen LogP contribution in [0.5, 0.6) is 0 Å². The average molecular weight is 394 g/mol. The van der Waals surface area contributed by atoms with Gasteiger partial charge in [-0.1, -0.05) is 12.8 Å². The summed E-state index contributed by atoms with van der Waals surface area (Å²) in [7, 11) is 0. The third kappa shape index (κ3) is 6.08. The van der Waals surface area contributed by atoms with Crippen molar-refractivity contribution in [2.45, 2.75) is 89.1 Å². The quantitative estimate of drug-likeness (QED) is 0.713. The molecular formula is C20H28F2N4O2. The lowest BCUT2D eigenvalue weighted by molar-refractivity contribution is -0.169. The highest BCUT2D eigenvalue weighted by Gasteiger charge is 2.25. The van der Waals surface area contributed by atoms with Gasteiger partial charge in [-0.3, -0.25) is 0 Å². The van der Waals surface area contributed by atoms with Crippen molar-refractivity contribution in [2.75, 3.05) is 5.32 Å². The molecule has 0 amide bonds. The lowest BCUT2D eigenvalue weighted by atomic mass is 9.92. The summed E-state index contributed by atoms with van der Waals surface area (Å²) in [6, 6.07) is 2.27. The first-order valence-electron chi connectivity index (χ1n) is 10.2. The van der Waals surface area contributed by atoms with E-state index in [0.717, 1.165) is 32.1 Å². The molecule has 154 valence electrons. The van der Waals surface area contributed by atoms with E-state index in [-0.39, 0.29) is 12.1 Å². The molecule has 0 spiro atoms. The molecule has 3 rings (SSSR count). The fourth-order valence-electron chi connectivity index (χ4n) is 4.30. The lowest BCUT2D eigenvalue weighted by Gasteiger charge is -2.29. The van der Waals surface area contributed by atoms with Gasteiger partial charge in [0, 0.05) is 6.04 Å². The number of aliphatic hydroxyl groups is 1. The van der Waals surface area contributed by atoms with Crippen molar-refractivity contribution in [3.63, 3.8) is 0 Å². The number of anilines is 1. The normalized spacial score (nSPS) is 28.5. The van der Waals surface area contributed by atoms with E-state index in [2.05, 4.69) is 26.1 Å². The van der Waals surface area contributed by atoms with Crippen molar-refractivity contribution in [3.8, 4) is 6.07 Å². The Kier molecular flexibility index (Phi) is 7.51. The SMILES string of the molecule is N#Cc1cnc(NC2CCC(OC(F)F)CC2)nc1C[C@@H]1CCCC[C@H](O)C1. The summed E-state index contributed by atoms with van der Waals surface area (Å²) in [4.78, 5) is 8.83. The van der Waals surface area contributed by atoms with E-state index < -0.39 is 12.7 Å². The van der Waals surface area contributed by atoms with Crippen molar-refractivity contribution in [2.24, 2.45) is 5.92 Å². The molecule has 2 atom stereocenters. The summed E-state index contributed by atoms with van der Waals surface area (Å²) in [6.07, 6.45) is 8.85. The van der Waals surface area contributed by atoms with E-state index in [1.54, 1.807) is 6.20 Å². The van der Waals surface area contributed by atoms with E-state index in [0.29, 0.717) is 55.2 Å². The lowest BCUT2D eigenvalue weighted by Crippen LogP contribution is -2.31. The maximum Gasteiger partial charge on any atom is 0.345 e. The van der Waals surface area contributed by atoms with Crippen LogP contribution in [-0.4, -0.2) is 39.9 Å². The van der Waals surface area contributed by atoms with Crippen LogP contribution in [0.25, 0.3) is 0 Å². The average Bonchev–Trinajstić information content (AvgIpc) is 2.87. The van der Waals surface area contributed by atoms with Crippen LogP contribution in [0.2, 0.25) is 0 Å². The molecule has 0 saturated heterocycles. The topological polar surface area (TPSA) is 91.1 Å². The molecular weight excluding hydrogens is 366 g/mol. The summed E-state index contributed by atoms with van der Waals surface area (Å²) in [6.45, 7) is -2.72. The molecule has 1 heterocycles. The Hall–Kier alpha value is -1.85. The van der Waals surface area contributed by atoms with Gasteiger partial charge in [0.25, 0.3) is 0 Å². The minimum atomic E-state index is -2.72. The van der Waals surface area contributed by atoms with Crippen LogP contribution in [0.1, 0.15) is 69.0 Å². The van der Waals surface area contributed by atoms with Crippen LogP contribution < -0.4 is 5.32 Å². The Bertz CT molecular complexity index is 675. The first-order chi connectivity index (χ1) is 13.5. The number of ether oxygens (including phenoxy) is 1. The van der Waals surface area contributed by atoms with E-state index in [4.69, 9.17) is 0 Å². The van der Waals surface area contributed by atoms with Crippen LogP contribution >= 0.6 is 0 Å². The van der Waals surface area contributed by atoms with Crippen LogP contribution in [0, 0.1) is 17.2 Å². The number of nitrogens with zero attached hydrogens (tertiary/aromatic N) is 3. The van der Waals surface area contributed by atoms with Crippen molar-refractivity contribution >= 4 is 5.95 Å². The monoisotopic (exact) mass is 394 g/mol. The van der Waals surface area contributed by atoms with Gasteiger partial charge < -0.3 is 15.2 Å². The van der Waals surface area contributed by atoms with Gasteiger partial charge in [-0.15, -0.1) is 0 Å². The minimum Gasteiger partial charge on any atom is -0.393 e. The number of aromatic nitrogens is 2. The largest absolute Gasteiger partial charge is 0.393 e. The van der Waals surface area contributed by atoms with Crippen molar-refractivity contribution < 1.29 is 18.6 Å². The predicted molar refractivity (Wildman–Crippen MR) is 99.8 cm³/mol.